The van der Waals surface area contributed by atoms with E-state index in [-0.39, 0.29) is 5.91 Å². The molecule has 0 bridgehead atoms. The van der Waals surface area contributed by atoms with Crippen LogP contribution < -0.4 is 5.73 Å². The summed E-state index contributed by atoms with van der Waals surface area (Å²) in [6.45, 7) is 3.49. The number of hydrogen-bond acceptors (Lipinski definition) is 4. The maximum absolute atomic E-state index is 12.3. The molecule has 0 saturated carbocycles. The third kappa shape index (κ3) is 2.74. The van der Waals surface area contributed by atoms with Crippen LogP contribution in [0.3, 0.4) is 0 Å². The van der Waals surface area contributed by atoms with Crippen LogP contribution in [-0.4, -0.2) is 53.9 Å². The van der Waals surface area contributed by atoms with Gasteiger partial charge < -0.3 is 15.5 Å². The topological polar surface area (TPSA) is 62.5 Å². The Kier molecular flexibility index (Phi) is 3.58. The predicted molar refractivity (Wildman–Crippen MR) is 66.7 cm³/mol. The monoisotopic (exact) mass is 234 g/mol. The molecule has 2 N–H and O–H groups in total. The van der Waals surface area contributed by atoms with E-state index in [1.807, 2.05) is 4.90 Å². The summed E-state index contributed by atoms with van der Waals surface area (Å²) in [5.74, 6) is 0.306. The average Bonchev–Trinajstić information content (AvgIpc) is 2.54. The lowest BCUT2D eigenvalue weighted by Gasteiger charge is -2.20. The van der Waals surface area contributed by atoms with Gasteiger partial charge >= 0.3 is 0 Å². The lowest BCUT2D eigenvalue weighted by atomic mass is 10.2. The van der Waals surface area contributed by atoms with E-state index in [1.165, 1.54) is 0 Å². The molecule has 1 amide bonds. The van der Waals surface area contributed by atoms with Gasteiger partial charge in [0.2, 0.25) is 0 Å². The highest BCUT2D eigenvalue weighted by Gasteiger charge is 2.20. The first kappa shape index (κ1) is 11.9. The molecule has 5 nitrogen and oxygen atoms in total. The van der Waals surface area contributed by atoms with Crippen LogP contribution in [0.4, 0.5) is 5.82 Å². The molecule has 1 aliphatic heterocycles. The summed E-state index contributed by atoms with van der Waals surface area (Å²) < 4.78 is 0. The third-order valence-corrected chi connectivity index (χ3v) is 3.08. The van der Waals surface area contributed by atoms with Crippen molar-refractivity contribution in [3.8, 4) is 0 Å². The van der Waals surface area contributed by atoms with Crippen molar-refractivity contribution in [3.05, 3.63) is 23.9 Å². The molecule has 2 rings (SSSR count). The molecule has 0 aliphatic carbocycles. The number of pyridine rings is 1. The maximum atomic E-state index is 12.3. The summed E-state index contributed by atoms with van der Waals surface area (Å²) >= 11 is 0. The van der Waals surface area contributed by atoms with E-state index in [0.29, 0.717) is 11.4 Å². The fourth-order valence-electron chi connectivity index (χ4n) is 2.02. The summed E-state index contributed by atoms with van der Waals surface area (Å²) in [7, 11) is 2.08. The fraction of sp³-hybridized carbons (Fsp3) is 0.500. The van der Waals surface area contributed by atoms with Gasteiger partial charge in [-0.15, -0.1) is 0 Å². The van der Waals surface area contributed by atoms with Crippen LogP contribution in [0.2, 0.25) is 0 Å². The summed E-state index contributed by atoms with van der Waals surface area (Å²) in [6, 6.07) is 3.48. The van der Waals surface area contributed by atoms with E-state index in [2.05, 4.69) is 16.9 Å². The molecular formula is C12H18N4O. The van der Waals surface area contributed by atoms with Gasteiger partial charge in [-0.05, 0) is 32.1 Å². The molecule has 1 aromatic heterocycles. The average molecular weight is 234 g/mol. The molecule has 0 unspecified atom stereocenters. The molecule has 0 radical (unpaired) electrons. The van der Waals surface area contributed by atoms with Gasteiger partial charge in [-0.25, -0.2) is 4.98 Å². The first-order valence-corrected chi connectivity index (χ1v) is 5.87. The van der Waals surface area contributed by atoms with Gasteiger partial charge in [-0.3, -0.25) is 4.79 Å². The molecule has 1 fully saturated rings. The van der Waals surface area contributed by atoms with E-state index < -0.39 is 0 Å². The number of amides is 1. The van der Waals surface area contributed by atoms with Crippen LogP contribution in [0.5, 0.6) is 0 Å². The third-order valence-electron chi connectivity index (χ3n) is 3.08. The zero-order chi connectivity index (χ0) is 12.3. The lowest BCUT2D eigenvalue weighted by molar-refractivity contribution is 0.0763. The van der Waals surface area contributed by atoms with Gasteiger partial charge in [-0.1, -0.05) is 0 Å². The van der Waals surface area contributed by atoms with Gasteiger partial charge in [0.15, 0.2) is 0 Å². The van der Waals surface area contributed by atoms with Crippen LogP contribution in [0.1, 0.15) is 16.8 Å². The number of carbonyl (C=O) groups is 1. The minimum absolute atomic E-state index is 0.00843. The zero-order valence-corrected chi connectivity index (χ0v) is 10.1. The fourth-order valence-corrected chi connectivity index (χ4v) is 2.02. The minimum atomic E-state index is -0.00843. The van der Waals surface area contributed by atoms with Crippen molar-refractivity contribution < 1.29 is 4.79 Å². The van der Waals surface area contributed by atoms with Crippen molar-refractivity contribution in [1.82, 2.24) is 14.8 Å². The van der Waals surface area contributed by atoms with Crippen LogP contribution in [0.25, 0.3) is 0 Å². The Labute approximate surface area is 101 Å². The number of nitrogens with two attached hydrogens (primary N) is 1. The molecule has 92 valence electrons. The van der Waals surface area contributed by atoms with Crippen molar-refractivity contribution in [2.75, 3.05) is 39.0 Å². The van der Waals surface area contributed by atoms with Crippen LogP contribution in [0.15, 0.2) is 18.3 Å². The van der Waals surface area contributed by atoms with Gasteiger partial charge in [0.25, 0.3) is 5.91 Å². The maximum Gasteiger partial charge on any atom is 0.257 e. The summed E-state index contributed by atoms with van der Waals surface area (Å²) in [6.07, 6.45) is 2.60. The molecule has 0 atom stereocenters. The molecule has 1 aromatic rings. The zero-order valence-electron chi connectivity index (χ0n) is 10.1. The Balaban J connectivity index is 2.12. The standard InChI is InChI=1S/C12H18N4O/c1-15-6-3-7-16(9-8-15)12(17)10-4-2-5-14-11(10)13/h2,4-5H,3,6-9H2,1H3,(H2,13,14). The quantitative estimate of drug-likeness (QED) is 0.766. The van der Waals surface area contributed by atoms with E-state index >= 15 is 0 Å². The number of rotatable bonds is 1. The smallest absolute Gasteiger partial charge is 0.257 e. The van der Waals surface area contributed by atoms with Crippen LogP contribution in [0, 0.1) is 0 Å². The molecule has 2 heterocycles. The Hall–Kier alpha value is -1.62. The molecule has 5 heteroatoms. The SMILES string of the molecule is CN1CCCN(C(=O)c2cccnc2N)CC1. The van der Waals surface area contributed by atoms with Gasteiger partial charge in [0.05, 0.1) is 5.56 Å². The number of aromatic nitrogens is 1. The predicted octanol–water partition coefficient (Wildman–Crippen LogP) is 0.442. The van der Waals surface area contributed by atoms with Crippen LogP contribution in [-0.2, 0) is 0 Å². The van der Waals surface area contributed by atoms with Gasteiger partial charge in [0, 0.05) is 25.8 Å². The molecular weight excluding hydrogens is 216 g/mol. The van der Waals surface area contributed by atoms with Gasteiger partial charge in [-0.2, -0.15) is 0 Å². The number of anilines is 1. The Morgan fingerprint density at radius 3 is 2.94 bits per heavy atom. The van der Waals surface area contributed by atoms with E-state index in [9.17, 15) is 4.79 Å². The highest BCUT2D eigenvalue weighted by molar-refractivity contribution is 5.98. The van der Waals surface area contributed by atoms with Crippen molar-refractivity contribution >= 4 is 11.7 Å². The minimum Gasteiger partial charge on any atom is -0.383 e. The number of nitrogen functional groups attached to an aromatic ring is 1. The van der Waals surface area contributed by atoms with Crippen molar-refractivity contribution in [3.63, 3.8) is 0 Å². The first-order chi connectivity index (χ1) is 8.18. The normalized spacial score (nSPS) is 17.8. The van der Waals surface area contributed by atoms with Gasteiger partial charge in [0.1, 0.15) is 5.82 Å². The second kappa shape index (κ2) is 5.14. The highest BCUT2D eigenvalue weighted by Crippen LogP contribution is 2.12. The molecule has 0 spiro atoms. The molecule has 0 aromatic carbocycles. The number of likely N-dealkylation sites (N-methyl/N-ethyl adjacent to an activating group) is 1. The Morgan fingerprint density at radius 1 is 1.35 bits per heavy atom. The Morgan fingerprint density at radius 2 is 2.18 bits per heavy atom. The van der Waals surface area contributed by atoms with Crippen LogP contribution >= 0.6 is 0 Å². The van der Waals surface area contributed by atoms with Crippen molar-refractivity contribution in [1.29, 1.82) is 0 Å². The van der Waals surface area contributed by atoms with Crippen molar-refractivity contribution in [2.24, 2.45) is 0 Å². The molecule has 1 aliphatic rings. The largest absolute Gasteiger partial charge is 0.383 e. The second-order valence-electron chi connectivity index (χ2n) is 4.39. The molecule has 17 heavy (non-hydrogen) atoms. The number of carbonyl (C=O) groups excluding carboxylic acids is 1. The van der Waals surface area contributed by atoms with E-state index in [1.54, 1.807) is 18.3 Å². The highest BCUT2D eigenvalue weighted by atomic mass is 16.2. The first-order valence-electron chi connectivity index (χ1n) is 5.87. The van der Waals surface area contributed by atoms with Crippen molar-refractivity contribution in [2.45, 2.75) is 6.42 Å². The van der Waals surface area contributed by atoms with E-state index in [0.717, 1.165) is 32.6 Å². The lowest BCUT2D eigenvalue weighted by Crippen LogP contribution is -2.35. The second-order valence-corrected chi connectivity index (χ2v) is 4.39. The number of nitrogens with zero attached hydrogens (tertiary/aromatic N) is 3. The summed E-state index contributed by atoms with van der Waals surface area (Å²) in [4.78, 5) is 20.3. The summed E-state index contributed by atoms with van der Waals surface area (Å²) in [5.41, 5.74) is 6.24. The number of hydrogen-bond donors (Lipinski definition) is 1. The molecule has 1 saturated heterocycles. The summed E-state index contributed by atoms with van der Waals surface area (Å²) in [5, 5.41) is 0. The Bertz CT molecular complexity index is 407. The van der Waals surface area contributed by atoms with E-state index in [4.69, 9.17) is 5.73 Å².